The summed E-state index contributed by atoms with van der Waals surface area (Å²) in [6, 6.07) is 4.01. The van der Waals surface area contributed by atoms with Gasteiger partial charge in [-0.15, -0.1) is 0 Å². The summed E-state index contributed by atoms with van der Waals surface area (Å²) in [7, 11) is 0. The molecule has 0 spiro atoms. The van der Waals surface area contributed by atoms with Crippen LogP contribution in [0, 0.1) is 0 Å². The van der Waals surface area contributed by atoms with Crippen molar-refractivity contribution in [1.82, 2.24) is 4.90 Å². The summed E-state index contributed by atoms with van der Waals surface area (Å²) in [6.45, 7) is 6.21. The van der Waals surface area contributed by atoms with E-state index in [9.17, 15) is 4.79 Å². The molecule has 2 unspecified atom stereocenters. The Bertz CT molecular complexity index is 334. The van der Waals surface area contributed by atoms with Crippen LogP contribution in [0.1, 0.15) is 45.4 Å². The van der Waals surface area contributed by atoms with Crippen LogP contribution in [0.5, 0.6) is 0 Å². The summed E-state index contributed by atoms with van der Waals surface area (Å²) in [5.41, 5.74) is 0. The zero-order valence-corrected chi connectivity index (χ0v) is 10.7. The van der Waals surface area contributed by atoms with E-state index in [4.69, 9.17) is 9.52 Å². The largest absolute Gasteiger partial charge is 0.480 e. The van der Waals surface area contributed by atoms with Gasteiger partial charge in [0.15, 0.2) is 0 Å². The number of furan rings is 1. The Hall–Kier alpha value is -1.29. The lowest BCUT2D eigenvalue weighted by molar-refractivity contribution is -0.139. The highest BCUT2D eigenvalue weighted by Gasteiger charge is 2.26. The van der Waals surface area contributed by atoms with Gasteiger partial charge in [0.1, 0.15) is 5.76 Å². The second-order valence-corrected chi connectivity index (χ2v) is 4.26. The van der Waals surface area contributed by atoms with E-state index >= 15 is 0 Å². The molecule has 0 aliphatic rings. The quantitative estimate of drug-likeness (QED) is 0.794. The molecular formula is C13H21NO3. The third-order valence-electron chi connectivity index (χ3n) is 3.13. The fourth-order valence-corrected chi connectivity index (χ4v) is 2.04. The van der Waals surface area contributed by atoms with Gasteiger partial charge in [0.25, 0.3) is 0 Å². The van der Waals surface area contributed by atoms with E-state index in [1.165, 1.54) is 0 Å². The summed E-state index contributed by atoms with van der Waals surface area (Å²) >= 11 is 0. The first-order chi connectivity index (χ1) is 8.10. The molecule has 0 saturated heterocycles. The number of carbonyl (C=O) groups is 1. The maximum Gasteiger partial charge on any atom is 0.317 e. The molecule has 4 heteroatoms. The third-order valence-corrected chi connectivity index (χ3v) is 3.13. The number of carboxylic acid groups (broad SMARTS) is 1. The Morgan fingerprint density at radius 1 is 1.47 bits per heavy atom. The van der Waals surface area contributed by atoms with E-state index < -0.39 is 5.97 Å². The average molecular weight is 239 g/mol. The van der Waals surface area contributed by atoms with Gasteiger partial charge in [-0.1, -0.05) is 13.8 Å². The van der Waals surface area contributed by atoms with Crippen LogP contribution in [-0.2, 0) is 4.79 Å². The second-order valence-electron chi connectivity index (χ2n) is 4.26. The maximum atomic E-state index is 10.9. The van der Waals surface area contributed by atoms with Gasteiger partial charge in [0.2, 0.25) is 0 Å². The Labute approximate surface area is 102 Å². The van der Waals surface area contributed by atoms with Crippen molar-refractivity contribution in [3.63, 3.8) is 0 Å². The third kappa shape index (κ3) is 3.60. The molecule has 0 aliphatic carbocycles. The minimum atomic E-state index is -0.796. The van der Waals surface area contributed by atoms with E-state index in [1.807, 2.05) is 24.0 Å². The first-order valence-corrected chi connectivity index (χ1v) is 6.11. The predicted octanol–water partition coefficient (Wildman–Crippen LogP) is 2.92. The molecule has 0 radical (unpaired) electrons. The minimum absolute atomic E-state index is 0.0380. The topological polar surface area (TPSA) is 53.7 Å². The van der Waals surface area contributed by atoms with Crippen molar-refractivity contribution in [2.45, 2.75) is 45.7 Å². The van der Waals surface area contributed by atoms with Crippen molar-refractivity contribution < 1.29 is 14.3 Å². The molecule has 1 N–H and O–H groups in total. The van der Waals surface area contributed by atoms with E-state index in [1.54, 1.807) is 6.26 Å². The fourth-order valence-electron chi connectivity index (χ4n) is 2.04. The molecule has 1 rings (SSSR count). The summed E-state index contributed by atoms with van der Waals surface area (Å²) in [5, 5.41) is 9.00. The summed E-state index contributed by atoms with van der Waals surface area (Å²) in [5.74, 6) is 0.0457. The van der Waals surface area contributed by atoms with Crippen LogP contribution in [0.15, 0.2) is 22.8 Å². The number of hydrogen-bond donors (Lipinski definition) is 1. The van der Waals surface area contributed by atoms with Crippen molar-refractivity contribution in [3.05, 3.63) is 24.2 Å². The molecule has 1 aromatic rings. The molecule has 0 fully saturated rings. The van der Waals surface area contributed by atoms with Crippen molar-refractivity contribution >= 4 is 5.97 Å². The van der Waals surface area contributed by atoms with Gasteiger partial charge in [-0.3, -0.25) is 9.69 Å². The Kier molecular flexibility index (Phi) is 5.22. The zero-order chi connectivity index (χ0) is 12.8. The van der Waals surface area contributed by atoms with Gasteiger partial charge >= 0.3 is 5.97 Å². The Morgan fingerprint density at radius 2 is 2.18 bits per heavy atom. The summed E-state index contributed by atoms with van der Waals surface area (Å²) in [4.78, 5) is 12.9. The molecule has 17 heavy (non-hydrogen) atoms. The number of hydrogen-bond acceptors (Lipinski definition) is 3. The van der Waals surface area contributed by atoms with Gasteiger partial charge in [-0.05, 0) is 31.9 Å². The van der Waals surface area contributed by atoms with Crippen LogP contribution >= 0.6 is 0 Å². The van der Waals surface area contributed by atoms with E-state index in [-0.39, 0.29) is 18.6 Å². The predicted molar refractivity (Wildman–Crippen MR) is 65.8 cm³/mol. The molecule has 1 aromatic heterocycles. The van der Waals surface area contributed by atoms with Gasteiger partial charge in [-0.2, -0.15) is 0 Å². The van der Waals surface area contributed by atoms with Gasteiger partial charge in [0, 0.05) is 6.04 Å². The van der Waals surface area contributed by atoms with Crippen LogP contribution in [0.2, 0.25) is 0 Å². The number of nitrogens with zero attached hydrogens (tertiary/aromatic N) is 1. The molecule has 1 heterocycles. The van der Waals surface area contributed by atoms with Gasteiger partial charge < -0.3 is 9.52 Å². The smallest absolute Gasteiger partial charge is 0.317 e. The molecule has 0 aromatic carbocycles. The molecule has 4 nitrogen and oxygen atoms in total. The molecule has 2 atom stereocenters. The number of rotatable bonds is 7. The van der Waals surface area contributed by atoms with E-state index in [2.05, 4.69) is 13.8 Å². The average Bonchev–Trinajstić information content (AvgIpc) is 2.81. The van der Waals surface area contributed by atoms with Crippen LogP contribution in [0.25, 0.3) is 0 Å². The zero-order valence-electron chi connectivity index (χ0n) is 10.7. The fraction of sp³-hybridized carbons (Fsp3) is 0.615. The van der Waals surface area contributed by atoms with Crippen LogP contribution in [0.4, 0.5) is 0 Å². The number of aliphatic carboxylic acids is 1. The SMILES string of the molecule is CCC(C)N(CC(=O)O)C(CC)c1ccco1. The summed E-state index contributed by atoms with van der Waals surface area (Å²) < 4.78 is 5.41. The first-order valence-electron chi connectivity index (χ1n) is 6.11. The van der Waals surface area contributed by atoms with E-state index in [0.717, 1.165) is 18.6 Å². The molecule has 0 aliphatic heterocycles. The van der Waals surface area contributed by atoms with E-state index in [0.29, 0.717) is 0 Å². The monoisotopic (exact) mass is 239 g/mol. The molecule has 96 valence electrons. The lowest BCUT2D eigenvalue weighted by Crippen LogP contribution is -2.39. The van der Waals surface area contributed by atoms with Crippen molar-refractivity contribution in [1.29, 1.82) is 0 Å². The van der Waals surface area contributed by atoms with Crippen molar-refractivity contribution in [3.8, 4) is 0 Å². The Morgan fingerprint density at radius 3 is 2.59 bits per heavy atom. The van der Waals surface area contributed by atoms with Crippen LogP contribution in [0.3, 0.4) is 0 Å². The van der Waals surface area contributed by atoms with Crippen molar-refractivity contribution in [2.75, 3.05) is 6.54 Å². The lowest BCUT2D eigenvalue weighted by Gasteiger charge is -2.33. The lowest BCUT2D eigenvalue weighted by atomic mass is 10.1. The highest BCUT2D eigenvalue weighted by atomic mass is 16.4. The van der Waals surface area contributed by atoms with Crippen LogP contribution in [-0.4, -0.2) is 28.6 Å². The molecular weight excluding hydrogens is 218 g/mol. The summed E-state index contributed by atoms with van der Waals surface area (Å²) in [6.07, 6.45) is 3.39. The highest BCUT2D eigenvalue weighted by Crippen LogP contribution is 2.27. The Balaban J connectivity index is 2.89. The van der Waals surface area contributed by atoms with Crippen molar-refractivity contribution in [2.24, 2.45) is 0 Å². The molecule has 0 amide bonds. The standard InChI is InChI=1S/C13H21NO3/c1-4-10(3)14(9-13(15)16)11(5-2)12-7-6-8-17-12/h6-8,10-11H,4-5,9H2,1-3H3,(H,15,16). The van der Waals surface area contributed by atoms with Crippen LogP contribution < -0.4 is 0 Å². The number of carboxylic acids is 1. The van der Waals surface area contributed by atoms with Gasteiger partial charge in [-0.25, -0.2) is 0 Å². The second kappa shape index (κ2) is 6.45. The molecule has 0 bridgehead atoms. The van der Waals surface area contributed by atoms with Gasteiger partial charge in [0.05, 0.1) is 18.8 Å². The minimum Gasteiger partial charge on any atom is -0.480 e. The normalized spacial score (nSPS) is 14.8. The highest BCUT2D eigenvalue weighted by molar-refractivity contribution is 5.69. The first kappa shape index (κ1) is 13.8. The maximum absolute atomic E-state index is 10.9. The molecule has 0 saturated carbocycles.